The van der Waals surface area contributed by atoms with Gasteiger partial charge in [-0.3, -0.25) is 9.09 Å². The van der Waals surface area contributed by atoms with E-state index in [-0.39, 0.29) is 18.2 Å². The summed E-state index contributed by atoms with van der Waals surface area (Å²) in [6, 6.07) is 0. The lowest BCUT2D eigenvalue weighted by Gasteiger charge is -2.16. The molecule has 12 nitrogen and oxygen atoms in total. The minimum absolute atomic E-state index is 0.0309. The molecular formula is C10H15N6O6P. The maximum absolute atomic E-state index is 10.7. The van der Waals surface area contributed by atoms with Crippen LogP contribution in [0, 0.1) is 0 Å². The minimum Gasteiger partial charge on any atom is -0.390 e. The zero-order valence-electron chi connectivity index (χ0n) is 11.7. The van der Waals surface area contributed by atoms with Crippen LogP contribution in [0.2, 0.25) is 0 Å². The molecule has 2 aromatic rings. The molecule has 1 aliphatic heterocycles. The molecule has 2 aromatic heterocycles. The Morgan fingerprint density at radius 1 is 1.43 bits per heavy atom. The van der Waals surface area contributed by atoms with Gasteiger partial charge in [-0.05, 0) is 0 Å². The molecule has 126 valence electrons. The van der Waals surface area contributed by atoms with Crippen LogP contribution in [-0.4, -0.2) is 53.2 Å². The number of fused-ring (bicyclic) bond motifs is 1. The maximum atomic E-state index is 10.7. The highest BCUT2D eigenvalue weighted by Gasteiger charge is 2.37. The van der Waals surface area contributed by atoms with Gasteiger partial charge in [0.1, 0.15) is 17.8 Å². The zero-order chi connectivity index (χ0) is 16.8. The van der Waals surface area contributed by atoms with E-state index in [0.717, 1.165) is 0 Å². The third-order valence-corrected chi connectivity index (χ3v) is 3.87. The summed E-state index contributed by atoms with van der Waals surface area (Å²) >= 11 is 0. The fourth-order valence-corrected chi connectivity index (χ4v) is 2.71. The zero-order valence-corrected chi connectivity index (χ0v) is 12.6. The first-order valence-corrected chi connectivity index (χ1v) is 8.07. The Balaban J connectivity index is 1.82. The quantitative estimate of drug-likeness (QED) is 0.415. The molecule has 7 N–H and O–H groups in total. The van der Waals surface area contributed by atoms with E-state index in [9.17, 15) is 9.67 Å². The van der Waals surface area contributed by atoms with Gasteiger partial charge >= 0.3 is 7.82 Å². The molecule has 3 rings (SSSR count). The summed E-state index contributed by atoms with van der Waals surface area (Å²) < 4.78 is 22.2. The number of nitrogens with zero attached hydrogens (tertiary/aromatic N) is 4. The molecule has 0 aliphatic carbocycles. The highest BCUT2D eigenvalue weighted by Crippen LogP contribution is 2.38. The van der Waals surface area contributed by atoms with Gasteiger partial charge in [-0.15, -0.1) is 0 Å². The van der Waals surface area contributed by atoms with Gasteiger partial charge in [0.2, 0.25) is 5.95 Å². The standard InChI is InChI=1S/C10H15N6O6P/c11-8-7-9(15-10(12)14-8)16(3-13-7)6-1-4(17)5(22-6)2-21-23(18,19)20/h3-6,17H,1-2H2,(H2,18,19,20)(H4,11,12,14,15)/t4-,5-,6-/m1/s1. The average Bonchev–Trinajstić information content (AvgIpc) is 2.99. The summed E-state index contributed by atoms with van der Waals surface area (Å²) in [5.74, 6) is 0.0860. The van der Waals surface area contributed by atoms with Crippen molar-refractivity contribution in [3.63, 3.8) is 0 Å². The number of aliphatic hydroxyl groups excluding tert-OH is 1. The van der Waals surface area contributed by atoms with Gasteiger partial charge in [-0.25, -0.2) is 9.55 Å². The van der Waals surface area contributed by atoms with Crippen LogP contribution in [-0.2, 0) is 13.8 Å². The SMILES string of the molecule is Nc1nc(N)c2ncn([C@H]3C[C@@H](O)[C@@H](COP(=O)(O)O)O3)c2n1. The van der Waals surface area contributed by atoms with Crippen LogP contribution in [0.4, 0.5) is 11.8 Å². The molecule has 0 radical (unpaired) electrons. The molecule has 1 aliphatic rings. The van der Waals surface area contributed by atoms with Crippen LogP contribution in [0.1, 0.15) is 12.6 Å². The van der Waals surface area contributed by atoms with Gasteiger partial charge in [-0.2, -0.15) is 9.97 Å². The Bertz CT molecular complexity index is 777. The van der Waals surface area contributed by atoms with Gasteiger partial charge in [0.15, 0.2) is 11.5 Å². The van der Waals surface area contributed by atoms with Crippen molar-refractivity contribution in [2.24, 2.45) is 0 Å². The second kappa shape index (κ2) is 5.67. The first kappa shape index (κ1) is 16.1. The highest BCUT2D eigenvalue weighted by molar-refractivity contribution is 7.46. The molecule has 1 saturated heterocycles. The van der Waals surface area contributed by atoms with Crippen molar-refractivity contribution in [3.8, 4) is 0 Å². The summed E-state index contributed by atoms with van der Waals surface area (Å²) in [7, 11) is -4.64. The molecule has 0 bridgehead atoms. The monoisotopic (exact) mass is 346 g/mol. The summed E-state index contributed by atoms with van der Waals surface area (Å²) in [4.78, 5) is 29.3. The smallest absolute Gasteiger partial charge is 0.390 e. The van der Waals surface area contributed by atoms with Gasteiger partial charge in [0, 0.05) is 6.42 Å². The van der Waals surface area contributed by atoms with Crippen molar-refractivity contribution in [2.75, 3.05) is 18.1 Å². The van der Waals surface area contributed by atoms with Crippen LogP contribution in [0.25, 0.3) is 11.2 Å². The lowest BCUT2D eigenvalue weighted by atomic mass is 10.2. The Hall–Kier alpha value is -1.82. The number of ether oxygens (including phenoxy) is 1. The normalized spacial score (nSPS) is 25.3. The molecule has 0 unspecified atom stereocenters. The Kier molecular flexibility index (Phi) is 3.96. The molecule has 0 amide bonds. The van der Waals surface area contributed by atoms with Gasteiger partial charge in [0.25, 0.3) is 0 Å². The average molecular weight is 346 g/mol. The molecule has 1 fully saturated rings. The van der Waals surface area contributed by atoms with Gasteiger partial charge < -0.3 is 31.1 Å². The fraction of sp³-hybridized carbons (Fsp3) is 0.500. The molecule has 3 heterocycles. The predicted molar refractivity (Wildman–Crippen MR) is 76.7 cm³/mol. The molecule has 0 aromatic carbocycles. The van der Waals surface area contributed by atoms with E-state index >= 15 is 0 Å². The van der Waals surface area contributed by atoms with E-state index in [0.29, 0.717) is 11.2 Å². The summed E-state index contributed by atoms with van der Waals surface area (Å²) in [6.45, 7) is -0.451. The molecule has 0 spiro atoms. The molecular weight excluding hydrogens is 331 g/mol. The molecule has 0 saturated carbocycles. The number of phosphoric ester groups is 1. The predicted octanol–water partition coefficient (Wildman–Crippen LogP) is -1.25. The third-order valence-electron chi connectivity index (χ3n) is 3.39. The number of nitrogens with two attached hydrogens (primary N) is 2. The number of hydrogen-bond donors (Lipinski definition) is 5. The first-order chi connectivity index (χ1) is 10.7. The van der Waals surface area contributed by atoms with E-state index in [1.807, 2.05) is 0 Å². The van der Waals surface area contributed by atoms with Crippen molar-refractivity contribution in [1.82, 2.24) is 19.5 Å². The third kappa shape index (κ3) is 3.27. The van der Waals surface area contributed by atoms with Crippen LogP contribution in [0.15, 0.2) is 6.33 Å². The van der Waals surface area contributed by atoms with Crippen LogP contribution in [0.5, 0.6) is 0 Å². The van der Waals surface area contributed by atoms with E-state index < -0.39 is 32.9 Å². The number of phosphoric acid groups is 1. The number of aliphatic hydroxyl groups is 1. The van der Waals surface area contributed by atoms with E-state index in [1.54, 1.807) is 0 Å². The largest absolute Gasteiger partial charge is 0.469 e. The Labute approximate surface area is 129 Å². The summed E-state index contributed by atoms with van der Waals surface area (Å²) in [6.07, 6.45) is -0.959. The minimum atomic E-state index is -4.64. The van der Waals surface area contributed by atoms with E-state index in [4.69, 9.17) is 26.0 Å². The lowest BCUT2D eigenvalue weighted by molar-refractivity contribution is -0.0424. The second-order valence-corrected chi connectivity index (χ2v) is 6.25. The van der Waals surface area contributed by atoms with Crippen LogP contribution in [0.3, 0.4) is 0 Å². The van der Waals surface area contributed by atoms with Crippen LogP contribution >= 0.6 is 7.82 Å². The van der Waals surface area contributed by atoms with E-state index in [1.165, 1.54) is 10.9 Å². The van der Waals surface area contributed by atoms with E-state index in [2.05, 4.69) is 19.5 Å². The molecule has 3 atom stereocenters. The Morgan fingerprint density at radius 3 is 2.87 bits per heavy atom. The molecule has 13 heteroatoms. The number of anilines is 2. The summed E-state index contributed by atoms with van der Waals surface area (Å²) in [5.41, 5.74) is 12.0. The van der Waals surface area contributed by atoms with Crippen LogP contribution < -0.4 is 11.5 Å². The molecule has 23 heavy (non-hydrogen) atoms. The first-order valence-electron chi connectivity index (χ1n) is 6.54. The van der Waals surface area contributed by atoms with Crippen molar-refractivity contribution in [3.05, 3.63) is 6.33 Å². The number of imidazole rings is 1. The lowest BCUT2D eigenvalue weighted by Crippen LogP contribution is -2.25. The van der Waals surface area contributed by atoms with Crippen molar-refractivity contribution < 1.29 is 28.7 Å². The fourth-order valence-electron chi connectivity index (χ4n) is 2.37. The van der Waals surface area contributed by atoms with Crippen molar-refractivity contribution in [1.29, 1.82) is 0 Å². The summed E-state index contributed by atoms with van der Waals surface area (Å²) in [5, 5.41) is 9.96. The van der Waals surface area contributed by atoms with Crippen molar-refractivity contribution in [2.45, 2.75) is 24.9 Å². The topological polar surface area (TPSA) is 192 Å². The number of nitrogen functional groups attached to an aromatic ring is 2. The highest BCUT2D eigenvalue weighted by atomic mass is 31.2. The number of rotatable bonds is 4. The maximum Gasteiger partial charge on any atom is 0.469 e. The number of hydrogen-bond acceptors (Lipinski definition) is 9. The van der Waals surface area contributed by atoms with Crippen molar-refractivity contribution >= 4 is 30.8 Å². The Morgan fingerprint density at radius 2 is 2.17 bits per heavy atom. The second-order valence-electron chi connectivity index (χ2n) is 5.01. The van der Waals surface area contributed by atoms with Gasteiger partial charge in [0.05, 0.1) is 19.0 Å². The number of aromatic nitrogens is 4. The van der Waals surface area contributed by atoms with Gasteiger partial charge in [-0.1, -0.05) is 0 Å².